The highest BCUT2D eigenvalue weighted by molar-refractivity contribution is 6.01. The second kappa shape index (κ2) is 8.23. The molecule has 0 fully saturated rings. The SMILES string of the molecule is Cc1cccc(NC(=O)CNC(=O)c2ccccc2OC(F)F)c1C. The van der Waals surface area contributed by atoms with Crippen LogP contribution >= 0.6 is 0 Å². The van der Waals surface area contributed by atoms with Crippen molar-refractivity contribution in [3.63, 3.8) is 0 Å². The Kier molecular flexibility index (Phi) is 6.05. The maximum Gasteiger partial charge on any atom is 0.387 e. The van der Waals surface area contributed by atoms with Gasteiger partial charge in [0.15, 0.2) is 0 Å². The number of para-hydroxylation sites is 1. The number of nitrogens with one attached hydrogen (secondary N) is 2. The van der Waals surface area contributed by atoms with Crippen molar-refractivity contribution >= 4 is 17.5 Å². The van der Waals surface area contributed by atoms with Gasteiger partial charge in [-0.2, -0.15) is 8.78 Å². The van der Waals surface area contributed by atoms with Crippen LogP contribution in [0.25, 0.3) is 0 Å². The first-order valence-corrected chi connectivity index (χ1v) is 7.56. The Hall–Kier alpha value is -2.96. The smallest absolute Gasteiger partial charge is 0.387 e. The summed E-state index contributed by atoms with van der Waals surface area (Å²) in [6.45, 7) is 0.463. The molecule has 0 heterocycles. The number of alkyl halides is 2. The van der Waals surface area contributed by atoms with Gasteiger partial charge in [-0.15, -0.1) is 0 Å². The molecular formula is C18H18F2N2O3. The van der Waals surface area contributed by atoms with E-state index in [-0.39, 0.29) is 17.9 Å². The standard InChI is InChI=1S/C18H18F2N2O3/c1-11-6-5-8-14(12(11)2)22-16(23)10-21-17(24)13-7-3-4-9-15(13)25-18(19)20/h3-9,18H,10H2,1-2H3,(H,21,24)(H,22,23). The second-order valence-electron chi connectivity index (χ2n) is 5.35. The molecule has 0 atom stereocenters. The summed E-state index contributed by atoms with van der Waals surface area (Å²) in [5.41, 5.74) is 2.54. The Morgan fingerprint density at radius 1 is 1.08 bits per heavy atom. The minimum Gasteiger partial charge on any atom is -0.434 e. The third kappa shape index (κ3) is 5.00. The van der Waals surface area contributed by atoms with Gasteiger partial charge in [0.25, 0.3) is 5.91 Å². The molecule has 0 saturated carbocycles. The molecule has 7 heteroatoms. The van der Waals surface area contributed by atoms with Crippen LogP contribution in [0.15, 0.2) is 42.5 Å². The number of hydrogen-bond donors (Lipinski definition) is 2. The number of halogens is 2. The molecule has 0 spiro atoms. The average molecular weight is 348 g/mol. The summed E-state index contributed by atoms with van der Waals surface area (Å²) < 4.78 is 29.0. The van der Waals surface area contributed by atoms with E-state index in [1.807, 2.05) is 26.0 Å². The van der Waals surface area contributed by atoms with Crippen molar-refractivity contribution in [3.8, 4) is 5.75 Å². The summed E-state index contributed by atoms with van der Waals surface area (Å²) in [6, 6.07) is 11.1. The maximum atomic E-state index is 12.4. The highest BCUT2D eigenvalue weighted by atomic mass is 19.3. The van der Waals surface area contributed by atoms with Crippen LogP contribution < -0.4 is 15.4 Å². The summed E-state index contributed by atoms with van der Waals surface area (Å²) in [6.07, 6.45) is 0. The minimum atomic E-state index is -3.04. The van der Waals surface area contributed by atoms with Crippen LogP contribution in [0.1, 0.15) is 21.5 Å². The van der Waals surface area contributed by atoms with Crippen molar-refractivity contribution in [1.82, 2.24) is 5.32 Å². The van der Waals surface area contributed by atoms with E-state index in [2.05, 4.69) is 15.4 Å². The van der Waals surface area contributed by atoms with E-state index < -0.39 is 18.4 Å². The number of hydrogen-bond acceptors (Lipinski definition) is 3. The number of carbonyl (C=O) groups is 2. The quantitative estimate of drug-likeness (QED) is 0.842. The first-order chi connectivity index (χ1) is 11.9. The lowest BCUT2D eigenvalue weighted by molar-refractivity contribution is -0.115. The van der Waals surface area contributed by atoms with Crippen LogP contribution in [-0.4, -0.2) is 25.0 Å². The van der Waals surface area contributed by atoms with Crippen molar-refractivity contribution in [3.05, 3.63) is 59.2 Å². The lowest BCUT2D eigenvalue weighted by Crippen LogP contribution is -2.33. The monoisotopic (exact) mass is 348 g/mol. The van der Waals surface area contributed by atoms with E-state index >= 15 is 0 Å². The molecule has 2 N–H and O–H groups in total. The highest BCUT2D eigenvalue weighted by Crippen LogP contribution is 2.20. The molecule has 2 aromatic rings. The molecule has 132 valence electrons. The molecule has 0 bridgehead atoms. The van der Waals surface area contributed by atoms with Gasteiger partial charge < -0.3 is 15.4 Å². The molecule has 0 unspecified atom stereocenters. The molecule has 2 aromatic carbocycles. The van der Waals surface area contributed by atoms with Crippen LogP contribution in [-0.2, 0) is 4.79 Å². The second-order valence-corrected chi connectivity index (χ2v) is 5.35. The number of aryl methyl sites for hydroxylation is 1. The van der Waals surface area contributed by atoms with Crippen LogP contribution in [0.3, 0.4) is 0 Å². The number of anilines is 1. The fourth-order valence-corrected chi connectivity index (χ4v) is 2.19. The summed E-state index contributed by atoms with van der Waals surface area (Å²) in [4.78, 5) is 24.1. The average Bonchev–Trinajstić information content (AvgIpc) is 2.57. The van der Waals surface area contributed by atoms with E-state index in [0.29, 0.717) is 5.69 Å². The largest absolute Gasteiger partial charge is 0.434 e. The minimum absolute atomic E-state index is 0.0673. The summed E-state index contributed by atoms with van der Waals surface area (Å²) in [5, 5.41) is 5.09. The fraction of sp³-hybridized carbons (Fsp3) is 0.222. The van der Waals surface area contributed by atoms with Gasteiger partial charge >= 0.3 is 6.61 Å². The lowest BCUT2D eigenvalue weighted by Gasteiger charge is -2.12. The molecule has 0 aliphatic carbocycles. The van der Waals surface area contributed by atoms with Gasteiger partial charge in [-0.05, 0) is 43.2 Å². The summed E-state index contributed by atoms with van der Waals surface area (Å²) in [7, 11) is 0. The number of carbonyl (C=O) groups excluding carboxylic acids is 2. The van der Waals surface area contributed by atoms with Gasteiger partial charge in [0.1, 0.15) is 5.75 Å². The first-order valence-electron chi connectivity index (χ1n) is 7.56. The lowest BCUT2D eigenvalue weighted by atomic mass is 10.1. The van der Waals surface area contributed by atoms with Crippen molar-refractivity contribution in [2.24, 2.45) is 0 Å². The molecule has 0 saturated heterocycles. The van der Waals surface area contributed by atoms with Gasteiger partial charge in [0, 0.05) is 5.69 Å². The Morgan fingerprint density at radius 2 is 1.80 bits per heavy atom. The number of amides is 2. The van der Waals surface area contributed by atoms with Crippen LogP contribution in [0.2, 0.25) is 0 Å². The van der Waals surface area contributed by atoms with Crippen LogP contribution in [0, 0.1) is 13.8 Å². The Labute approximate surface area is 144 Å². The summed E-state index contributed by atoms with van der Waals surface area (Å²) in [5.74, 6) is -1.34. The molecule has 0 aromatic heterocycles. The zero-order chi connectivity index (χ0) is 18.4. The van der Waals surface area contributed by atoms with E-state index in [1.54, 1.807) is 6.07 Å². The molecule has 2 rings (SSSR count). The molecule has 0 aliphatic heterocycles. The number of ether oxygens (including phenoxy) is 1. The third-order valence-corrected chi connectivity index (χ3v) is 3.64. The predicted octanol–water partition coefficient (Wildman–Crippen LogP) is 3.27. The van der Waals surface area contributed by atoms with Crippen LogP contribution in [0.5, 0.6) is 5.75 Å². The van der Waals surface area contributed by atoms with E-state index in [4.69, 9.17) is 0 Å². The number of benzene rings is 2. The fourth-order valence-electron chi connectivity index (χ4n) is 2.19. The number of rotatable bonds is 6. The van der Waals surface area contributed by atoms with Gasteiger partial charge in [-0.25, -0.2) is 0 Å². The summed E-state index contributed by atoms with van der Waals surface area (Å²) >= 11 is 0. The normalized spacial score (nSPS) is 10.4. The Morgan fingerprint density at radius 3 is 2.52 bits per heavy atom. The zero-order valence-electron chi connectivity index (χ0n) is 13.8. The molecule has 25 heavy (non-hydrogen) atoms. The van der Waals surface area contributed by atoms with Crippen LogP contribution in [0.4, 0.5) is 14.5 Å². The van der Waals surface area contributed by atoms with Gasteiger partial charge in [0.2, 0.25) is 5.91 Å². The zero-order valence-corrected chi connectivity index (χ0v) is 13.8. The molecule has 0 radical (unpaired) electrons. The van der Waals surface area contributed by atoms with Gasteiger partial charge in [-0.1, -0.05) is 24.3 Å². The molecule has 0 aliphatic rings. The highest BCUT2D eigenvalue weighted by Gasteiger charge is 2.16. The van der Waals surface area contributed by atoms with E-state index in [9.17, 15) is 18.4 Å². The molecule has 2 amide bonds. The predicted molar refractivity (Wildman–Crippen MR) is 90.0 cm³/mol. The van der Waals surface area contributed by atoms with Crippen molar-refractivity contribution in [2.75, 3.05) is 11.9 Å². The van der Waals surface area contributed by atoms with E-state index in [1.165, 1.54) is 24.3 Å². The van der Waals surface area contributed by atoms with Gasteiger partial charge in [-0.3, -0.25) is 9.59 Å². The Balaban J connectivity index is 1.98. The first kappa shape index (κ1) is 18.4. The van der Waals surface area contributed by atoms with Crippen molar-refractivity contribution in [2.45, 2.75) is 20.5 Å². The van der Waals surface area contributed by atoms with Gasteiger partial charge in [0.05, 0.1) is 12.1 Å². The van der Waals surface area contributed by atoms with Crippen molar-refractivity contribution in [1.29, 1.82) is 0 Å². The third-order valence-electron chi connectivity index (χ3n) is 3.64. The van der Waals surface area contributed by atoms with E-state index in [0.717, 1.165) is 11.1 Å². The van der Waals surface area contributed by atoms with Crippen molar-refractivity contribution < 1.29 is 23.1 Å². The topological polar surface area (TPSA) is 67.4 Å². The Bertz CT molecular complexity index is 779. The molecule has 5 nitrogen and oxygen atoms in total. The maximum absolute atomic E-state index is 12.4. The molecular weight excluding hydrogens is 330 g/mol.